The minimum Gasteiger partial charge on any atom is -0.304 e. The maximum Gasteiger partial charge on any atom is 0.279 e. The predicted molar refractivity (Wildman–Crippen MR) is 104 cm³/mol. The summed E-state index contributed by atoms with van der Waals surface area (Å²) in [6.45, 7) is 2.28. The molecule has 1 aliphatic heterocycles. The molecule has 4 nitrogen and oxygen atoms in total. The number of carbonyl (C=O) groups excluding carboxylic acids is 1. The number of hydrogen-bond donors (Lipinski definition) is 0. The largest absolute Gasteiger partial charge is 0.304 e. The molecule has 4 rings (SSSR count). The van der Waals surface area contributed by atoms with Crippen molar-refractivity contribution in [3.05, 3.63) is 80.6 Å². The average Bonchev–Trinajstić information content (AvgIpc) is 2.94. The van der Waals surface area contributed by atoms with Gasteiger partial charge in [-0.1, -0.05) is 35.3 Å². The first-order valence-corrected chi connectivity index (χ1v) is 9.38. The molecule has 0 bridgehead atoms. The van der Waals surface area contributed by atoms with E-state index in [4.69, 9.17) is 23.2 Å². The van der Waals surface area contributed by atoms with E-state index >= 15 is 0 Å². The van der Waals surface area contributed by atoms with Crippen LogP contribution in [0.25, 0.3) is 0 Å². The number of aryl methyl sites for hydroxylation is 1. The second kappa shape index (κ2) is 7.18. The Morgan fingerprint density at radius 1 is 1.18 bits per heavy atom. The number of hydrogen-bond acceptors (Lipinski definition) is 2. The second-order valence-corrected chi connectivity index (χ2v) is 7.46. The summed E-state index contributed by atoms with van der Waals surface area (Å²) in [4.78, 5) is 14.2. The number of fused-ring (bicyclic) bond motifs is 1. The van der Waals surface area contributed by atoms with Crippen LogP contribution in [0.2, 0.25) is 10.2 Å². The summed E-state index contributed by atoms with van der Waals surface area (Å²) in [5, 5.41) is 4.60. The van der Waals surface area contributed by atoms with Crippen LogP contribution in [0.5, 0.6) is 0 Å². The molecule has 1 aromatic heterocycles. The van der Waals surface area contributed by atoms with E-state index in [-0.39, 0.29) is 35.3 Å². The van der Waals surface area contributed by atoms with Gasteiger partial charge in [-0.2, -0.15) is 5.10 Å². The maximum absolute atomic E-state index is 14.4. The lowest BCUT2D eigenvalue weighted by Crippen LogP contribution is -2.38. The summed E-state index contributed by atoms with van der Waals surface area (Å²) in [6.07, 6.45) is 0.425. The molecule has 0 unspecified atom stereocenters. The van der Waals surface area contributed by atoms with Crippen molar-refractivity contribution in [2.24, 2.45) is 0 Å². The molecule has 144 valence electrons. The van der Waals surface area contributed by atoms with E-state index < -0.39 is 11.7 Å². The Balaban J connectivity index is 1.68. The number of rotatable bonds is 3. The highest BCUT2D eigenvalue weighted by Gasteiger charge is 2.33. The molecule has 0 spiro atoms. The third-order valence-corrected chi connectivity index (χ3v) is 5.39. The zero-order chi connectivity index (χ0) is 20.0. The lowest BCUT2D eigenvalue weighted by molar-refractivity contribution is 0.0974. The van der Waals surface area contributed by atoms with Gasteiger partial charge in [0.05, 0.1) is 17.3 Å². The van der Waals surface area contributed by atoms with E-state index in [9.17, 15) is 13.6 Å². The fourth-order valence-electron chi connectivity index (χ4n) is 3.44. The fraction of sp³-hybridized carbons (Fsp3) is 0.200. The topological polar surface area (TPSA) is 38.1 Å². The lowest BCUT2D eigenvalue weighted by atomic mass is 10.1. The van der Waals surface area contributed by atoms with Gasteiger partial charge in [-0.15, -0.1) is 0 Å². The Hall–Kier alpha value is -2.44. The Morgan fingerprint density at radius 2 is 1.96 bits per heavy atom. The van der Waals surface area contributed by atoms with Gasteiger partial charge in [0.2, 0.25) is 0 Å². The lowest BCUT2D eigenvalue weighted by Gasteiger charge is -2.26. The molecular weight excluding hydrogens is 407 g/mol. The number of anilines is 1. The highest BCUT2D eigenvalue weighted by Crippen LogP contribution is 2.32. The van der Waals surface area contributed by atoms with Crippen molar-refractivity contribution in [1.82, 2.24) is 9.78 Å². The predicted octanol–water partition coefficient (Wildman–Crippen LogP) is 5.03. The van der Waals surface area contributed by atoms with Gasteiger partial charge < -0.3 is 4.90 Å². The van der Waals surface area contributed by atoms with Crippen molar-refractivity contribution in [3.8, 4) is 0 Å². The number of nitrogens with zero attached hydrogens (tertiary/aromatic N) is 3. The monoisotopic (exact) mass is 421 g/mol. The molecule has 0 saturated carbocycles. The van der Waals surface area contributed by atoms with Crippen molar-refractivity contribution in [2.75, 3.05) is 11.4 Å². The Kier molecular flexibility index (Phi) is 4.85. The molecule has 0 N–H and O–H groups in total. The summed E-state index contributed by atoms with van der Waals surface area (Å²) >= 11 is 12.3. The summed E-state index contributed by atoms with van der Waals surface area (Å²) in [6, 6.07) is 9.17. The van der Waals surface area contributed by atoms with Crippen LogP contribution < -0.4 is 4.90 Å². The van der Waals surface area contributed by atoms with Gasteiger partial charge in [-0.05, 0) is 48.7 Å². The van der Waals surface area contributed by atoms with Gasteiger partial charge in [0.15, 0.2) is 11.5 Å². The number of benzene rings is 2. The van der Waals surface area contributed by atoms with Crippen LogP contribution in [-0.2, 0) is 13.0 Å². The first-order valence-electron chi connectivity index (χ1n) is 8.62. The molecule has 28 heavy (non-hydrogen) atoms. The zero-order valence-corrected chi connectivity index (χ0v) is 16.4. The number of halogens is 4. The summed E-state index contributed by atoms with van der Waals surface area (Å²) < 4.78 is 29.5. The normalized spacial score (nSPS) is 13.8. The Labute approximate surface area is 170 Å². The molecule has 2 heterocycles. The minimum absolute atomic E-state index is 0.0545. The molecule has 0 aliphatic carbocycles. The highest BCUT2D eigenvalue weighted by atomic mass is 35.5. The molecule has 0 fully saturated rings. The molecular formula is C20H15Cl2F2N3O. The molecule has 1 amide bonds. The standard InChI is InChI=1S/C20H15Cl2F2N3O/c1-11-7-12(9-13(23)8-11)10-27-19(22)14-5-6-26(20(28)18(14)25-27)16-4-2-3-15(21)17(16)24/h2-4,7-9H,5-6,10H2,1H3. The van der Waals surface area contributed by atoms with Crippen LogP contribution in [0.1, 0.15) is 27.2 Å². The molecule has 8 heteroatoms. The molecule has 2 aromatic carbocycles. The highest BCUT2D eigenvalue weighted by molar-refractivity contribution is 6.32. The van der Waals surface area contributed by atoms with Gasteiger partial charge in [0.25, 0.3) is 5.91 Å². The van der Waals surface area contributed by atoms with E-state index in [2.05, 4.69) is 5.10 Å². The van der Waals surface area contributed by atoms with Gasteiger partial charge >= 0.3 is 0 Å². The maximum atomic E-state index is 14.4. The SMILES string of the molecule is Cc1cc(F)cc(Cn2nc3c(c2Cl)CCN(c2cccc(Cl)c2F)C3=O)c1. The Bertz CT molecular complexity index is 1080. The van der Waals surface area contributed by atoms with Crippen LogP contribution in [0.15, 0.2) is 36.4 Å². The third kappa shape index (κ3) is 3.27. The molecule has 3 aromatic rings. The van der Waals surface area contributed by atoms with Crippen molar-refractivity contribution in [1.29, 1.82) is 0 Å². The van der Waals surface area contributed by atoms with Crippen molar-refractivity contribution < 1.29 is 13.6 Å². The van der Waals surface area contributed by atoms with Crippen LogP contribution >= 0.6 is 23.2 Å². The van der Waals surface area contributed by atoms with Gasteiger partial charge in [-0.3, -0.25) is 4.79 Å². The molecule has 1 aliphatic rings. The first-order chi connectivity index (χ1) is 13.3. The van der Waals surface area contributed by atoms with E-state index in [1.807, 2.05) is 6.07 Å². The van der Waals surface area contributed by atoms with E-state index in [0.717, 1.165) is 5.56 Å². The molecule has 0 atom stereocenters. The van der Waals surface area contributed by atoms with Gasteiger partial charge in [0, 0.05) is 12.1 Å². The second-order valence-electron chi connectivity index (χ2n) is 6.69. The summed E-state index contributed by atoms with van der Waals surface area (Å²) in [5.74, 6) is -1.44. The number of carbonyl (C=O) groups is 1. The quantitative estimate of drug-likeness (QED) is 0.594. The van der Waals surface area contributed by atoms with Crippen molar-refractivity contribution >= 4 is 34.8 Å². The molecule has 0 saturated heterocycles. The minimum atomic E-state index is -0.651. The fourth-order valence-corrected chi connectivity index (χ4v) is 3.89. The van der Waals surface area contributed by atoms with E-state index in [1.165, 1.54) is 33.8 Å². The van der Waals surface area contributed by atoms with Gasteiger partial charge in [0.1, 0.15) is 11.0 Å². The van der Waals surface area contributed by atoms with Crippen LogP contribution in [0.3, 0.4) is 0 Å². The zero-order valence-electron chi connectivity index (χ0n) is 14.8. The van der Waals surface area contributed by atoms with Crippen LogP contribution in [0, 0.1) is 18.6 Å². The first kappa shape index (κ1) is 18.9. The molecule has 0 radical (unpaired) electrons. The van der Waals surface area contributed by atoms with Crippen LogP contribution in [0.4, 0.5) is 14.5 Å². The number of aromatic nitrogens is 2. The summed E-state index contributed by atoms with van der Waals surface area (Å²) in [5.41, 5.74) is 2.35. The van der Waals surface area contributed by atoms with E-state index in [0.29, 0.717) is 22.7 Å². The van der Waals surface area contributed by atoms with E-state index in [1.54, 1.807) is 13.0 Å². The average molecular weight is 422 g/mol. The number of amides is 1. The van der Waals surface area contributed by atoms with Crippen molar-refractivity contribution in [2.45, 2.75) is 19.9 Å². The van der Waals surface area contributed by atoms with Crippen molar-refractivity contribution in [3.63, 3.8) is 0 Å². The van der Waals surface area contributed by atoms with Gasteiger partial charge in [-0.25, -0.2) is 13.5 Å². The summed E-state index contributed by atoms with van der Waals surface area (Å²) in [7, 11) is 0. The third-order valence-electron chi connectivity index (χ3n) is 4.67. The Morgan fingerprint density at radius 3 is 2.71 bits per heavy atom. The smallest absolute Gasteiger partial charge is 0.279 e. The van der Waals surface area contributed by atoms with Crippen LogP contribution in [-0.4, -0.2) is 22.2 Å².